The number of nitrogens with zero attached hydrogens (tertiary/aromatic N) is 1. The molecular formula is C17H20F3N3O2. The number of likely N-dealkylation sites (tertiary alicyclic amines) is 1. The summed E-state index contributed by atoms with van der Waals surface area (Å²) in [5.74, 6) is -0.428. The molecule has 0 bridgehead atoms. The summed E-state index contributed by atoms with van der Waals surface area (Å²) in [4.78, 5) is 25.5. The smallest absolute Gasteiger partial charge is 0.338 e. The van der Waals surface area contributed by atoms with Crippen molar-refractivity contribution < 1.29 is 22.8 Å². The number of hydrogen-bond donors (Lipinski definition) is 2. The molecular weight excluding hydrogens is 335 g/mol. The van der Waals surface area contributed by atoms with Gasteiger partial charge in [-0.15, -0.1) is 0 Å². The van der Waals surface area contributed by atoms with Gasteiger partial charge in [0.15, 0.2) is 0 Å². The number of amides is 2. The monoisotopic (exact) mass is 355 g/mol. The summed E-state index contributed by atoms with van der Waals surface area (Å²) in [7, 11) is 0. The van der Waals surface area contributed by atoms with E-state index in [0.29, 0.717) is 19.0 Å². The van der Waals surface area contributed by atoms with Crippen LogP contribution in [0.1, 0.15) is 35.7 Å². The molecule has 1 heterocycles. The van der Waals surface area contributed by atoms with Gasteiger partial charge in [-0.05, 0) is 42.9 Å². The molecule has 1 saturated heterocycles. The van der Waals surface area contributed by atoms with Gasteiger partial charge in [0.25, 0.3) is 5.91 Å². The summed E-state index contributed by atoms with van der Waals surface area (Å²) in [6, 6.07) is 2.99. The van der Waals surface area contributed by atoms with Crippen LogP contribution in [0.3, 0.4) is 0 Å². The van der Waals surface area contributed by atoms with Crippen LogP contribution in [-0.2, 0) is 11.0 Å². The van der Waals surface area contributed by atoms with Crippen LogP contribution < -0.4 is 11.1 Å². The van der Waals surface area contributed by atoms with Crippen molar-refractivity contribution in [3.63, 3.8) is 0 Å². The quantitative estimate of drug-likeness (QED) is 0.856. The number of nitrogens with two attached hydrogens (primary N) is 1. The third-order valence-corrected chi connectivity index (χ3v) is 5.03. The largest absolute Gasteiger partial charge is 0.416 e. The van der Waals surface area contributed by atoms with E-state index >= 15 is 0 Å². The minimum atomic E-state index is -4.60. The Kier molecular flexibility index (Phi) is 4.49. The second-order valence-corrected chi connectivity index (χ2v) is 6.85. The van der Waals surface area contributed by atoms with E-state index in [1.807, 2.05) is 0 Å². The van der Waals surface area contributed by atoms with E-state index in [0.717, 1.165) is 25.0 Å². The minimum Gasteiger partial charge on any atom is -0.338 e. The van der Waals surface area contributed by atoms with Crippen LogP contribution in [0.5, 0.6) is 0 Å². The van der Waals surface area contributed by atoms with Crippen molar-refractivity contribution in [2.24, 2.45) is 17.6 Å². The van der Waals surface area contributed by atoms with E-state index in [1.165, 1.54) is 13.0 Å². The third kappa shape index (κ3) is 3.63. The van der Waals surface area contributed by atoms with Gasteiger partial charge in [-0.3, -0.25) is 9.59 Å². The van der Waals surface area contributed by atoms with E-state index in [2.05, 4.69) is 5.32 Å². The Balaban J connectivity index is 1.88. The molecule has 3 rings (SSSR count). The van der Waals surface area contributed by atoms with Crippen LogP contribution in [-0.4, -0.2) is 35.8 Å². The first kappa shape index (κ1) is 17.7. The molecule has 0 radical (unpaired) electrons. The molecule has 25 heavy (non-hydrogen) atoms. The molecule has 1 aliphatic carbocycles. The first-order valence-corrected chi connectivity index (χ1v) is 8.20. The number of fused-ring (bicyclic) bond motifs is 1. The highest BCUT2D eigenvalue weighted by Gasteiger charge is 2.43. The van der Waals surface area contributed by atoms with Gasteiger partial charge < -0.3 is 16.0 Å². The van der Waals surface area contributed by atoms with E-state index < -0.39 is 23.6 Å². The average Bonchev–Trinajstić information content (AvgIpc) is 3.07. The van der Waals surface area contributed by atoms with E-state index in [9.17, 15) is 22.8 Å². The van der Waals surface area contributed by atoms with Crippen molar-refractivity contribution in [3.05, 3.63) is 29.3 Å². The summed E-state index contributed by atoms with van der Waals surface area (Å²) in [5, 5.41) is 2.32. The average molecular weight is 355 g/mol. The Morgan fingerprint density at radius 1 is 1.20 bits per heavy atom. The van der Waals surface area contributed by atoms with Crippen molar-refractivity contribution in [1.29, 1.82) is 0 Å². The molecule has 1 saturated carbocycles. The van der Waals surface area contributed by atoms with E-state index in [4.69, 9.17) is 5.73 Å². The zero-order valence-corrected chi connectivity index (χ0v) is 13.8. The Hall–Kier alpha value is -2.09. The van der Waals surface area contributed by atoms with E-state index in [-0.39, 0.29) is 23.2 Å². The maximum atomic E-state index is 13.1. The molecule has 1 aromatic carbocycles. The predicted molar refractivity (Wildman–Crippen MR) is 85.8 cm³/mol. The SMILES string of the molecule is CC(=O)Nc1cc(C(=O)N2CC3CCC(N)C3C2)cc(C(F)(F)F)c1. The summed E-state index contributed by atoms with van der Waals surface area (Å²) in [6.45, 7) is 2.18. The van der Waals surface area contributed by atoms with Crippen molar-refractivity contribution in [3.8, 4) is 0 Å². The van der Waals surface area contributed by atoms with Gasteiger partial charge >= 0.3 is 6.18 Å². The second kappa shape index (κ2) is 6.33. The Morgan fingerprint density at radius 3 is 2.52 bits per heavy atom. The van der Waals surface area contributed by atoms with Crippen LogP contribution in [0.15, 0.2) is 18.2 Å². The number of carbonyl (C=O) groups is 2. The van der Waals surface area contributed by atoms with Gasteiger partial charge in [0, 0.05) is 37.3 Å². The summed E-state index contributed by atoms with van der Waals surface area (Å²) < 4.78 is 39.3. The number of nitrogens with one attached hydrogen (secondary N) is 1. The Bertz CT molecular complexity index is 705. The number of carbonyl (C=O) groups excluding carboxylic acids is 2. The molecule has 2 fully saturated rings. The highest BCUT2D eigenvalue weighted by molar-refractivity contribution is 5.97. The van der Waals surface area contributed by atoms with Gasteiger partial charge in [0.05, 0.1) is 5.56 Å². The number of benzene rings is 1. The molecule has 3 unspecified atom stereocenters. The Morgan fingerprint density at radius 2 is 1.92 bits per heavy atom. The molecule has 3 N–H and O–H groups in total. The van der Waals surface area contributed by atoms with Crippen molar-refractivity contribution >= 4 is 17.5 Å². The third-order valence-electron chi connectivity index (χ3n) is 5.03. The zero-order chi connectivity index (χ0) is 18.4. The molecule has 2 aliphatic rings. The lowest BCUT2D eigenvalue weighted by atomic mass is 9.98. The molecule has 0 aromatic heterocycles. The van der Waals surface area contributed by atoms with E-state index in [1.54, 1.807) is 4.90 Å². The number of halogens is 3. The lowest BCUT2D eigenvalue weighted by molar-refractivity contribution is -0.137. The molecule has 2 amide bonds. The van der Waals surface area contributed by atoms with Gasteiger partial charge in [0.2, 0.25) is 5.91 Å². The van der Waals surface area contributed by atoms with Gasteiger partial charge in [-0.1, -0.05) is 0 Å². The predicted octanol–water partition coefficient (Wildman–Crippen LogP) is 2.47. The van der Waals surface area contributed by atoms with Crippen LogP contribution >= 0.6 is 0 Å². The van der Waals surface area contributed by atoms with Crippen molar-refractivity contribution in [2.75, 3.05) is 18.4 Å². The fourth-order valence-corrected chi connectivity index (χ4v) is 3.85. The van der Waals surface area contributed by atoms with Crippen molar-refractivity contribution in [2.45, 2.75) is 32.0 Å². The number of hydrogen-bond acceptors (Lipinski definition) is 3. The standard InChI is InChI=1S/C17H20F3N3O2/c1-9(24)22-13-5-11(4-12(6-13)17(18,19)20)16(25)23-7-10-2-3-15(21)14(10)8-23/h4-6,10,14-15H,2-3,7-8,21H2,1H3,(H,22,24). The normalized spacial score (nSPS) is 25.8. The van der Waals surface area contributed by atoms with Gasteiger partial charge in [-0.2, -0.15) is 13.2 Å². The summed E-state index contributed by atoms with van der Waals surface area (Å²) in [6.07, 6.45) is -2.74. The van der Waals surface area contributed by atoms with Crippen LogP contribution in [0.2, 0.25) is 0 Å². The lowest BCUT2D eigenvalue weighted by Gasteiger charge is -2.20. The van der Waals surface area contributed by atoms with Crippen LogP contribution in [0.25, 0.3) is 0 Å². The molecule has 0 spiro atoms. The first-order chi connectivity index (χ1) is 11.6. The first-order valence-electron chi connectivity index (χ1n) is 8.20. The number of anilines is 1. The molecule has 1 aromatic rings. The highest BCUT2D eigenvalue weighted by atomic mass is 19.4. The molecule has 1 aliphatic heterocycles. The number of alkyl halides is 3. The zero-order valence-electron chi connectivity index (χ0n) is 13.8. The number of rotatable bonds is 2. The maximum absolute atomic E-state index is 13.1. The van der Waals surface area contributed by atoms with Crippen LogP contribution in [0, 0.1) is 11.8 Å². The molecule has 5 nitrogen and oxygen atoms in total. The second-order valence-electron chi connectivity index (χ2n) is 6.85. The molecule has 136 valence electrons. The van der Waals surface area contributed by atoms with Gasteiger partial charge in [-0.25, -0.2) is 0 Å². The topological polar surface area (TPSA) is 75.4 Å². The highest BCUT2D eigenvalue weighted by Crippen LogP contribution is 2.38. The lowest BCUT2D eigenvalue weighted by Crippen LogP contribution is -2.33. The summed E-state index contributed by atoms with van der Waals surface area (Å²) >= 11 is 0. The fourth-order valence-electron chi connectivity index (χ4n) is 3.85. The minimum absolute atomic E-state index is 0.0400. The Labute approximate surface area is 143 Å². The van der Waals surface area contributed by atoms with Crippen molar-refractivity contribution in [1.82, 2.24) is 4.90 Å². The maximum Gasteiger partial charge on any atom is 0.416 e. The van der Waals surface area contributed by atoms with Gasteiger partial charge in [0.1, 0.15) is 0 Å². The molecule has 3 atom stereocenters. The fraction of sp³-hybridized carbons (Fsp3) is 0.529. The molecule has 8 heteroatoms. The van der Waals surface area contributed by atoms with Crippen LogP contribution in [0.4, 0.5) is 18.9 Å². The summed E-state index contributed by atoms with van der Waals surface area (Å²) in [5.41, 5.74) is 4.97.